The second kappa shape index (κ2) is 5.46. The number of aromatic nitrogens is 1. The lowest BCUT2D eigenvalue weighted by Crippen LogP contribution is -1.93. The Morgan fingerprint density at radius 3 is 2.90 bits per heavy atom. The lowest BCUT2D eigenvalue weighted by Gasteiger charge is -2.06. The highest BCUT2D eigenvalue weighted by Gasteiger charge is 2.08. The molecule has 2 N–H and O–H groups in total. The van der Waals surface area contributed by atoms with Crippen molar-refractivity contribution in [2.45, 2.75) is 17.0 Å². The molecule has 1 aromatic heterocycles. The third-order valence-electron chi connectivity index (χ3n) is 2.69. The molecule has 102 valence electrons. The van der Waals surface area contributed by atoms with E-state index in [9.17, 15) is 0 Å². The van der Waals surface area contributed by atoms with E-state index in [-0.39, 0.29) is 0 Å². The summed E-state index contributed by atoms with van der Waals surface area (Å²) in [5.41, 5.74) is 8.17. The molecule has 3 aromatic rings. The normalized spacial score (nSPS) is 10.8. The molecule has 4 nitrogen and oxygen atoms in total. The highest BCUT2D eigenvalue weighted by atomic mass is 32.2. The average Bonchev–Trinajstić information content (AvgIpc) is 2.80. The van der Waals surface area contributed by atoms with Crippen LogP contribution in [0.15, 0.2) is 57.0 Å². The van der Waals surface area contributed by atoms with Gasteiger partial charge in [-0.25, -0.2) is 4.98 Å². The molecule has 2 aromatic carbocycles. The highest BCUT2D eigenvalue weighted by Crippen LogP contribution is 2.33. The minimum atomic E-state index is 0.597. The maximum atomic E-state index is 5.87. The van der Waals surface area contributed by atoms with Crippen LogP contribution in [0.25, 0.3) is 11.1 Å². The summed E-state index contributed by atoms with van der Waals surface area (Å²) in [5, 5.41) is 0.597. The summed E-state index contributed by atoms with van der Waals surface area (Å²) in [6, 6.07) is 13.3. The van der Waals surface area contributed by atoms with Crippen molar-refractivity contribution in [1.82, 2.24) is 4.98 Å². The number of anilines is 1. The maximum absolute atomic E-state index is 5.87. The smallest absolute Gasteiger partial charge is 0.261 e. The summed E-state index contributed by atoms with van der Waals surface area (Å²) < 4.78 is 11.2. The van der Waals surface area contributed by atoms with Crippen LogP contribution in [-0.2, 0) is 0 Å². The van der Waals surface area contributed by atoms with E-state index >= 15 is 0 Å². The van der Waals surface area contributed by atoms with Gasteiger partial charge in [0.2, 0.25) is 0 Å². The Bertz CT molecular complexity index is 707. The molecule has 0 saturated carbocycles. The molecule has 0 radical (unpaired) electrons. The van der Waals surface area contributed by atoms with Crippen LogP contribution in [0.3, 0.4) is 0 Å². The van der Waals surface area contributed by atoms with E-state index in [2.05, 4.69) is 4.98 Å². The maximum Gasteiger partial charge on any atom is 0.261 e. The first-order valence-electron chi connectivity index (χ1n) is 6.31. The fourth-order valence-electron chi connectivity index (χ4n) is 1.90. The van der Waals surface area contributed by atoms with Crippen LogP contribution in [0, 0.1) is 0 Å². The molecule has 0 aliphatic heterocycles. The molecule has 0 unspecified atom stereocenters. The molecule has 3 rings (SSSR count). The minimum absolute atomic E-state index is 0.597. The average molecular weight is 286 g/mol. The van der Waals surface area contributed by atoms with Crippen LogP contribution in [0.2, 0.25) is 0 Å². The van der Waals surface area contributed by atoms with E-state index in [0.29, 0.717) is 17.5 Å². The van der Waals surface area contributed by atoms with E-state index in [0.717, 1.165) is 21.7 Å². The molecule has 0 saturated heterocycles. The third-order valence-corrected chi connectivity index (χ3v) is 3.51. The molecular formula is C15H14N2O2S. The number of nitrogens with zero attached hydrogens (tertiary/aromatic N) is 1. The van der Waals surface area contributed by atoms with Gasteiger partial charge in [-0.15, -0.1) is 0 Å². The van der Waals surface area contributed by atoms with Gasteiger partial charge in [0.1, 0.15) is 11.3 Å². The number of benzene rings is 2. The van der Waals surface area contributed by atoms with Crippen molar-refractivity contribution in [2.75, 3.05) is 12.3 Å². The summed E-state index contributed by atoms with van der Waals surface area (Å²) >= 11 is 1.43. The molecule has 20 heavy (non-hydrogen) atoms. The third kappa shape index (κ3) is 2.72. The molecular weight excluding hydrogens is 272 g/mol. The Hall–Kier alpha value is -2.14. The van der Waals surface area contributed by atoms with Crippen molar-refractivity contribution in [3.63, 3.8) is 0 Å². The van der Waals surface area contributed by atoms with E-state index in [1.165, 1.54) is 11.8 Å². The van der Waals surface area contributed by atoms with E-state index < -0.39 is 0 Å². The van der Waals surface area contributed by atoms with Crippen molar-refractivity contribution in [3.8, 4) is 5.75 Å². The zero-order valence-electron chi connectivity index (χ0n) is 11.0. The van der Waals surface area contributed by atoms with Crippen molar-refractivity contribution in [2.24, 2.45) is 0 Å². The summed E-state index contributed by atoms with van der Waals surface area (Å²) in [5.74, 6) is 0.756. The second-order valence-electron chi connectivity index (χ2n) is 4.22. The van der Waals surface area contributed by atoms with Gasteiger partial charge in [0.15, 0.2) is 5.58 Å². The zero-order chi connectivity index (χ0) is 13.9. The summed E-state index contributed by atoms with van der Waals surface area (Å²) in [6.45, 7) is 2.55. The van der Waals surface area contributed by atoms with Gasteiger partial charge in [-0.1, -0.05) is 12.1 Å². The Kier molecular flexibility index (Phi) is 3.52. The Balaban J connectivity index is 1.90. The molecule has 0 fully saturated rings. The quantitative estimate of drug-likeness (QED) is 0.735. The van der Waals surface area contributed by atoms with Crippen molar-refractivity contribution in [3.05, 3.63) is 42.5 Å². The number of nitrogens with two attached hydrogens (primary N) is 1. The minimum Gasteiger partial charge on any atom is -0.494 e. The number of hydrogen-bond acceptors (Lipinski definition) is 5. The number of nitrogen functional groups attached to an aromatic ring is 1. The van der Waals surface area contributed by atoms with Gasteiger partial charge < -0.3 is 14.9 Å². The molecule has 0 bridgehead atoms. The van der Waals surface area contributed by atoms with E-state index in [1.54, 1.807) is 6.07 Å². The van der Waals surface area contributed by atoms with Crippen LogP contribution < -0.4 is 10.5 Å². The second-order valence-corrected chi connectivity index (χ2v) is 5.25. The van der Waals surface area contributed by atoms with Gasteiger partial charge in [-0.3, -0.25) is 0 Å². The van der Waals surface area contributed by atoms with Gasteiger partial charge in [-0.05, 0) is 43.0 Å². The molecule has 0 spiro atoms. The molecule has 5 heteroatoms. The number of para-hydroxylation sites is 2. The molecule has 0 atom stereocenters. The predicted octanol–water partition coefficient (Wildman–Crippen LogP) is 3.96. The number of ether oxygens (including phenoxy) is 1. The predicted molar refractivity (Wildman–Crippen MR) is 80.2 cm³/mol. The van der Waals surface area contributed by atoms with Crippen LogP contribution in [-0.4, -0.2) is 11.6 Å². The fraction of sp³-hybridized carbons (Fsp3) is 0.133. The monoisotopic (exact) mass is 286 g/mol. The molecule has 0 aliphatic rings. The van der Waals surface area contributed by atoms with Crippen LogP contribution in [0.5, 0.6) is 5.75 Å². The van der Waals surface area contributed by atoms with Crippen LogP contribution in [0.4, 0.5) is 5.69 Å². The summed E-state index contributed by atoms with van der Waals surface area (Å²) in [4.78, 5) is 5.37. The SMILES string of the molecule is CCOc1cc(N)cc(Sc2nc3ccccc3o2)c1. The largest absolute Gasteiger partial charge is 0.494 e. The van der Waals surface area contributed by atoms with Crippen molar-refractivity contribution < 1.29 is 9.15 Å². The first-order chi connectivity index (χ1) is 9.74. The lowest BCUT2D eigenvalue weighted by molar-refractivity contribution is 0.339. The fourth-order valence-corrected chi connectivity index (χ4v) is 2.75. The number of hydrogen-bond donors (Lipinski definition) is 1. The highest BCUT2D eigenvalue weighted by molar-refractivity contribution is 7.99. The van der Waals surface area contributed by atoms with Crippen molar-refractivity contribution in [1.29, 1.82) is 0 Å². The number of fused-ring (bicyclic) bond motifs is 1. The molecule has 0 amide bonds. The number of rotatable bonds is 4. The standard InChI is InChI=1S/C15H14N2O2S/c1-2-18-11-7-10(16)8-12(9-11)20-15-17-13-5-3-4-6-14(13)19-15/h3-9H,2,16H2,1H3. The number of oxazole rings is 1. The van der Waals surface area contributed by atoms with Gasteiger partial charge in [0, 0.05) is 16.6 Å². The lowest BCUT2D eigenvalue weighted by atomic mass is 10.3. The van der Waals surface area contributed by atoms with Gasteiger partial charge in [0.25, 0.3) is 5.22 Å². The van der Waals surface area contributed by atoms with E-state index in [4.69, 9.17) is 14.9 Å². The first-order valence-corrected chi connectivity index (χ1v) is 7.13. The van der Waals surface area contributed by atoms with Gasteiger partial charge >= 0.3 is 0 Å². The Morgan fingerprint density at radius 2 is 2.10 bits per heavy atom. The van der Waals surface area contributed by atoms with Gasteiger partial charge in [0.05, 0.1) is 6.61 Å². The van der Waals surface area contributed by atoms with Crippen LogP contribution >= 0.6 is 11.8 Å². The van der Waals surface area contributed by atoms with Crippen molar-refractivity contribution >= 4 is 28.5 Å². The van der Waals surface area contributed by atoms with Crippen LogP contribution in [0.1, 0.15) is 6.92 Å². The first kappa shape index (κ1) is 12.9. The van der Waals surface area contributed by atoms with E-state index in [1.807, 2.05) is 43.3 Å². The summed E-state index contributed by atoms with van der Waals surface area (Å²) in [6.07, 6.45) is 0. The van der Waals surface area contributed by atoms with Gasteiger partial charge in [-0.2, -0.15) is 0 Å². The molecule has 0 aliphatic carbocycles. The Morgan fingerprint density at radius 1 is 1.25 bits per heavy atom. The zero-order valence-corrected chi connectivity index (χ0v) is 11.8. The molecule has 1 heterocycles. The summed E-state index contributed by atoms with van der Waals surface area (Å²) in [7, 11) is 0. The Labute approximate surface area is 120 Å². The topological polar surface area (TPSA) is 61.3 Å².